The molecule has 0 saturated heterocycles. The Balaban J connectivity index is 3.39. The molecule has 0 radical (unpaired) electrons. The molecule has 0 aliphatic carbocycles. The van der Waals surface area contributed by atoms with Crippen molar-refractivity contribution >= 4 is 5.78 Å². The van der Waals surface area contributed by atoms with Crippen LogP contribution in [-0.2, 0) is 4.79 Å². The first-order valence-corrected chi connectivity index (χ1v) is 3.79. The van der Waals surface area contributed by atoms with Crippen molar-refractivity contribution in [3.63, 3.8) is 0 Å². The van der Waals surface area contributed by atoms with Crippen LogP contribution in [0.4, 0.5) is 0 Å². The van der Waals surface area contributed by atoms with Crippen LogP contribution in [0, 0.1) is 5.92 Å². The number of carbonyl (C=O) groups is 1. The summed E-state index contributed by atoms with van der Waals surface area (Å²) in [4.78, 5) is 10.5. The summed E-state index contributed by atoms with van der Waals surface area (Å²) in [6.45, 7) is 5.75. The quantitative estimate of drug-likeness (QED) is 0.645. The number of nitrogens with two attached hydrogens (primary N) is 1. The van der Waals surface area contributed by atoms with Gasteiger partial charge in [0, 0.05) is 12.5 Å². The van der Waals surface area contributed by atoms with Crippen LogP contribution in [0.5, 0.6) is 0 Å². The molecule has 0 saturated carbocycles. The third-order valence-electron chi connectivity index (χ3n) is 1.69. The minimum Gasteiger partial charge on any atom is -0.327 e. The van der Waals surface area contributed by atoms with Crippen LogP contribution >= 0.6 is 0 Å². The van der Waals surface area contributed by atoms with Crippen LogP contribution in [-0.4, -0.2) is 11.8 Å². The molecule has 0 aromatic heterocycles. The van der Waals surface area contributed by atoms with Crippen molar-refractivity contribution < 1.29 is 4.79 Å². The summed E-state index contributed by atoms with van der Waals surface area (Å²) in [6.07, 6.45) is 1.45. The molecule has 0 spiro atoms. The zero-order valence-electron chi connectivity index (χ0n) is 7.05. The van der Waals surface area contributed by atoms with E-state index in [2.05, 4.69) is 13.8 Å². The summed E-state index contributed by atoms with van der Waals surface area (Å²) in [5.74, 6) is 0.718. The maximum atomic E-state index is 10.5. The highest BCUT2D eigenvalue weighted by molar-refractivity contribution is 5.75. The molecule has 0 aromatic rings. The fraction of sp³-hybridized carbons (Fsp3) is 0.875. The first-order valence-electron chi connectivity index (χ1n) is 3.79. The first kappa shape index (κ1) is 9.63. The van der Waals surface area contributed by atoms with Crippen LogP contribution in [0.1, 0.15) is 33.6 Å². The fourth-order valence-corrected chi connectivity index (χ4v) is 0.703. The third kappa shape index (κ3) is 4.50. The molecule has 10 heavy (non-hydrogen) atoms. The predicted octanol–water partition coefficient (Wildman–Crippen LogP) is 1.34. The van der Waals surface area contributed by atoms with Gasteiger partial charge in [0.15, 0.2) is 0 Å². The number of rotatable bonds is 4. The molecule has 60 valence electrons. The smallest absolute Gasteiger partial charge is 0.129 e. The van der Waals surface area contributed by atoms with Crippen molar-refractivity contribution in [2.24, 2.45) is 11.7 Å². The van der Waals surface area contributed by atoms with Crippen molar-refractivity contribution in [2.75, 3.05) is 0 Å². The van der Waals surface area contributed by atoms with Crippen molar-refractivity contribution in [3.8, 4) is 0 Å². The van der Waals surface area contributed by atoms with Gasteiger partial charge in [-0.05, 0) is 19.3 Å². The zero-order valence-corrected chi connectivity index (χ0v) is 7.05. The van der Waals surface area contributed by atoms with Gasteiger partial charge >= 0.3 is 0 Å². The monoisotopic (exact) mass is 143 g/mol. The van der Waals surface area contributed by atoms with Crippen LogP contribution in [0.3, 0.4) is 0 Å². The molecule has 0 bridgehead atoms. The minimum absolute atomic E-state index is 0.184. The van der Waals surface area contributed by atoms with E-state index in [1.54, 1.807) is 6.92 Å². The minimum atomic E-state index is 0.184. The number of Topliss-reactive ketones (excluding diaryl/α,β-unsaturated/α-hetero) is 1. The predicted molar refractivity (Wildman–Crippen MR) is 42.7 cm³/mol. The topological polar surface area (TPSA) is 43.1 Å². The van der Waals surface area contributed by atoms with E-state index in [1.807, 2.05) is 0 Å². The van der Waals surface area contributed by atoms with Crippen molar-refractivity contribution in [3.05, 3.63) is 0 Å². The van der Waals surface area contributed by atoms with Crippen LogP contribution in [0.15, 0.2) is 0 Å². The largest absolute Gasteiger partial charge is 0.327 e. The van der Waals surface area contributed by atoms with E-state index in [0.717, 1.165) is 6.42 Å². The Morgan fingerprint density at radius 1 is 1.50 bits per heavy atom. The van der Waals surface area contributed by atoms with Gasteiger partial charge in [-0.25, -0.2) is 0 Å². The molecule has 2 nitrogen and oxygen atoms in total. The number of ketones is 1. The standard InChI is InChI=1S/C8H17NO/c1-6(2)8(9)5-4-7(3)10/h6,8H,4-5,9H2,1-3H3/t8-/m1/s1. The molecule has 0 rings (SSSR count). The summed E-state index contributed by atoms with van der Waals surface area (Å²) in [6, 6.07) is 0.184. The molecule has 0 unspecified atom stereocenters. The van der Waals surface area contributed by atoms with Gasteiger partial charge in [-0.3, -0.25) is 0 Å². The Morgan fingerprint density at radius 3 is 2.30 bits per heavy atom. The molecule has 0 fully saturated rings. The molecule has 1 atom stereocenters. The van der Waals surface area contributed by atoms with E-state index in [4.69, 9.17) is 5.73 Å². The van der Waals surface area contributed by atoms with Crippen LogP contribution in [0.2, 0.25) is 0 Å². The highest BCUT2D eigenvalue weighted by Gasteiger charge is 2.07. The zero-order chi connectivity index (χ0) is 8.15. The summed E-state index contributed by atoms with van der Waals surface area (Å²) in [7, 11) is 0. The van der Waals surface area contributed by atoms with Gasteiger partial charge in [0.25, 0.3) is 0 Å². The van der Waals surface area contributed by atoms with Crippen molar-refractivity contribution in [2.45, 2.75) is 39.7 Å². The fourth-order valence-electron chi connectivity index (χ4n) is 0.703. The summed E-state index contributed by atoms with van der Waals surface area (Å²) in [5.41, 5.74) is 5.71. The molecule has 2 heteroatoms. The SMILES string of the molecule is CC(=O)CC[C@@H](N)C(C)C. The Bertz CT molecular complexity index is 110. The maximum Gasteiger partial charge on any atom is 0.129 e. The van der Waals surface area contributed by atoms with Gasteiger partial charge in [-0.15, -0.1) is 0 Å². The van der Waals surface area contributed by atoms with E-state index in [1.165, 1.54) is 0 Å². The van der Waals surface area contributed by atoms with E-state index >= 15 is 0 Å². The molecule has 2 N–H and O–H groups in total. The third-order valence-corrected chi connectivity index (χ3v) is 1.69. The normalized spacial score (nSPS) is 13.7. The molecule has 0 aliphatic heterocycles. The van der Waals surface area contributed by atoms with Crippen LogP contribution < -0.4 is 5.73 Å². The van der Waals surface area contributed by atoms with E-state index in [-0.39, 0.29) is 11.8 Å². The van der Waals surface area contributed by atoms with E-state index in [9.17, 15) is 4.79 Å². The molecule has 0 heterocycles. The average Bonchev–Trinajstić information content (AvgIpc) is 1.82. The molecular weight excluding hydrogens is 126 g/mol. The maximum absolute atomic E-state index is 10.5. The number of hydrogen-bond acceptors (Lipinski definition) is 2. The summed E-state index contributed by atoms with van der Waals surface area (Å²) >= 11 is 0. The Labute approximate surface area is 62.8 Å². The second-order valence-electron chi connectivity index (χ2n) is 3.15. The highest BCUT2D eigenvalue weighted by atomic mass is 16.1. The lowest BCUT2D eigenvalue weighted by molar-refractivity contribution is -0.117. The lowest BCUT2D eigenvalue weighted by atomic mass is 9.99. The van der Waals surface area contributed by atoms with Gasteiger partial charge in [-0.1, -0.05) is 13.8 Å². The van der Waals surface area contributed by atoms with E-state index in [0.29, 0.717) is 12.3 Å². The lowest BCUT2D eigenvalue weighted by Gasteiger charge is -2.13. The van der Waals surface area contributed by atoms with E-state index < -0.39 is 0 Å². The number of carbonyl (C=O) groups excluding carboxylic acids is 1. The Kier molecular flexibility index (Phi) is 4.28. The molecule has 0 amide bonds. The summed E-state index contributed by atoms with van der Waals surface area (Å²) < 4.78 is 0. The van der Waals surface area contributed by atoms with Gasteiger partial charge in [-0.2, -0.15) is 0 Å². The Morgan fingerprint density at radius 2 is 2.00 bits per heavy atom. The van der Waals surface area contributed by atoms with Gasteiger partial charge in [0.1, 0.15) is 5.78 Å². The van der Waals surface area contributed by atoms with Crippen molar-refractivity contribution in [1.29, 1.82) is 0 Å². The Hall–Kier alpha value is -0.370. The average molecular weight is 143 g/mol. The summed E-state index contributed by atoms with van der Waals surface area (Å²) in [5, 5.41) is 0. The van der Waals surface area contributed by atoms with Gasteiger partial charge in [0.2, 0.25) is 0 Å². The lowest BCUT2D eigenvalue weighted by Crippen LogP contribution is -2.26. The first-order chi connectivity index (χ1) is 4.54. The second kappa shape index (κ2) is 4.45. The second-order valence-corrected chi connectivity index (χ2v) is 3.15. The molecular formula is C8H17NO. The highest BCUT2D eigenvalue weighted by Crippen LogP contribution is 2.05. The van der Waals surface area contributed by atoms with Crippen molar-refractivity contribution in [1.82, 2.24) is 0 Å². The van der Waals surface area contributed by atoms with Crippen LogP contribution in [0.25, 0.3) is 0 Å². The number of hydrogen-bond donors (Lipinski definition) is 1. The molecule has 0 aromatic carbocycles. The van der Waals surface area contributed by atoms with Gasteiger partial charge in [0.05, 0.1) is 0 Å². The van der Waals surface area contributed by atoms with Gasteiger partial charge < -0.3 is 10.5 Å². The molecule has 0 aliphatic rings.